The van der Waals surface area contributed by atoms with Gasteiger partial charge in [0.1, 0.15) is 0 Å². The zero-order chi connectivity index (χ0) is 45.8. The van der Waals surface area contributed by atoms with Gasteiger partial charge in [-0.05, 0) is 150 Å². The van der Waals surface area contributed by atoms with Crippen LogP contribution in [0.15, 0.2) is 236 Å². The second-order valence-corrected chi connectivity index (χ2v) is 20.3. The zero-order valence-corrected chi connectivity index (χ0v) is 39.2. The van der Waals surface area contributed by atoms with Crippen LogP contribution in [-0.2, 0) is 16.2 Å². The Labute approximate surface area is 401 Å². The number of fused-ring (bicyclic) bond motifs is 10. The molecular weight excluding hydrogens is 819 g/mol. The van der Waals surface area contributed by atoms with Crippen LogP contribution in [0.2, 0.25) is 0 Å². The van der Waals surface area contributed by atoms with E-state index in [4.69, 9.17) is 0 Å². The molecule has 0 radical (unpaired) electrons. The number of rotatable bonds is 6. The molecule has 5 aliphatic rings. The summed E-state index contributed by atoms with van der Waals surface area (Å²) >= 11 is 0. The van der Waals surface area contributed by atoms with E-state index in [1.54, 1.807) is 0 Å². The van der Waals surface area contributed by atoms with Gasteiger partial charge in [0.2, 0.25) is 0 Å². The molecule has 0 N–H and O–H groups in total. The van der Waals surface area contributed by atoms with Crippen LogP contribution in [0.5, 0.6) is 0 Å². The Kier molecular flexibility index (Phi) is 9.02. The van der Waals surface area contributed by atoms with Gasteiger partial charge in [0.05, 0.1) is 11.1 Å². The first-order chi connectivity index (χ1) is 33.2. The minimum Gasteiger partial charge on any atom is -0.310 e. The van der Waals surface area contributed by atoms with Crippen molar-refractivity contribution in [2.75, 3.05) is 4.90 Å². The molecule has 8 aromatic rings. The molecule has 5 aliphatic carbocycles. The Hall–Kier alpha value is -7.74. The Morgan fingerprint density at radius 1 is 0.397 bits per heavy atom. The lowest BCUT2D eigenvalue weighted by Crippen LogP contribution is -2.30. The minimum absolute atomic E-state index is 0.177. The van der Waals surface area contributed by atoms with Gasteiger partial charge < -0.3 is 4.90 Å². The normalized spacial score (nSPS) is 18.4. The van der Waals surface area contributed by atoms with E-state index in [-0.39, 0.29) is 10.8 Å². The van der Waals surface area contributed by atoms with Crippen LogP contribution < -0.4 is 4.90 Å². The average molecular weight is 872 g/mol. The number of hydrogen-bond acceptors (Lipinski definition) is 1. The summed E-state index contributed by atoms with van der Waals surface area (Å²) < 4.78 is 0. The van der Waals surface area contributed by atoms with E-state index in [2.05, 4.69) is 257 Å². The predicted molar refractivity (Wildman–Crippen MR) is 287 cm³/mol. The van der Waals surface area contributed by atoms with Gasteiger partial charge in [0.25, 0.3) is 0 Å². The second kappa shape index (κ2) is 15.1. The molecule has 0 spiro atoms. The first-order valence-electron chi connectivity index (χ1n) is 24.4. The summed E-state index contributed by atoms with van der Waals surface area (Å²) in [5.41, 5.74) is 23.6. The summed E-state index contributed by atoms with van der Waals surface area (Å²) in [4.78, 5) is 2.61. The van der Waals surface area contributed by atoms with Gasteiger partial charge in [-0.3, -0.25) is 0 Å². The van der Waals surface area contributed by atoms with Gasteiger partial charge in [-0.2, -0.15) is 0 Å². The molecule has 0 amide bonds. The van der Waals surface area contributed by atoms with Crippen LogP contribution in [0.3, 0.4) is 0 Å². The average Bonchev–Trinajstić information content (AvgIpc) is 3.59. The van der Waals surface area contributed by atoms with E-state index in [0.717, 1.165) is 29.9 Å². The lowest BCUT2D eigenvalue weighted by Gasteiger charge is -2.38. The molecule has 326 valence electrons. The fourth-order valence-electron chi connectivity index (χ4n) is 12.7. The third-order valence-electron chi connectivity index (χ3n) is 16.0. The molecule has 1 unspecified atom stereocenters. The highest BCUT2D eigenvalue weighted by atomic mass is 15.1. The maximum Gasteiger partial charge on any atom is 0.0680 e. The van der Waals surface area contributed by atoms with E-state index >= 15 is 0 Å². The van der Waals surface area contributed by atoms with Crippen LogP contribution in [0, 0.1) is 0 Å². The quantitative estimate of drug-likeness (QED) is 0.161. The number of hydrogen-bond donors (Lipinski definition) is 0. The molecule has 1 atom stereocenters. The second-order valence-electron chi connectivity index (χ2n) is 20.3. The molecule has 13 rings (SSSR count). The van der Waals surface area contributed by atoms with Crippen molar-refractivity contribution < 1.29 is 0 Å². The van der Waals surface area contributed by atoms with Crippen LogP contribution in [0.1, 0.15) is 73.9 Å². The van der Waals surface area contributed by atoms with Crippen molar-refractivity contribution in [2.45, 2.75) is 56.8 Å². The highest BCUT2D eigenvalue weighted by Gasteiger charge is 2.48. The Morgan fingerprint density at radius 2 is 1.00 bits per heavy atom. The molecule has 0 aliphatic heterocycles. The summed E-state index contributed by atoms with van der Waals surface area (Å²) in [5.74, 6) is 0. The van der Waals surface area contributed by atoms with E-state index < -0.39 is 5.41 Å². The Morgan fingerprint density at radius 3 is 1.69 bits per heavy atom. The van der Waals surface area contributed by atoms with Crippen LogP contribution >= 0.6 is 0 Å². The molecule has 1 nitrogen and oxygen atoms in total. The first kappa shape index (κ1) is 40.5. The smallest absolute Gasteiger partial charge is 0.0680 e. The van der Waals surface area contributed by atoms with Crippen LogP contribution in [-0.4, -0.2) is 0 Å². The molecule has 68 heavy (non-hydrogen) atoms. The van der Waals surface area contributed by atoms with Crippen molar-refractivity contribution in [3.05, 3.63) is 269 Å². The van der Waals surface area contributed by atoms with Crippen molar-refractivity contribution in [2.24, 2.45) is 0 Å². The van der Waals surface area contributed by atoms with Crippen molar-refractivity contribution >= 4 is 27.8 Å². The van der Waals surface area contributed by atoms with Crippen LogP contribution in [0.25, 0.3) is 55.3 Å². The van der Waals surface area contributed by atoms with Gasteiger partial charge in [-0.25, -0.2) is 0 Å². The zero-order valence-electron chi connectivity index (χ0n) is 39.2. The number of anilines is 3. The summed E-state index contributed by atoms with van der Waals surface area (Å²) in [7, 11) is 0. The van der Waals surface area contributed by atoms with Crippen LogP contribution in [0.4, 0.5) is 17.1 Å². The van der Waals surface area contributed by atoms with Crippen molar-refractivity contribution in [1.82, 2.24) is 0 Å². The number of allylic oxidation sites excluding steroid dienone is 12. The van der Waals surface area contributed by atoms with E-state index in [0.29, 0.717) is 0 Å². The van der Waals surface area contributed by atoms with E-state index in [1.165, 1.54) is 99.8 Å². The highest BCUT2D eigenvalue weighted by Crippen LogP contribution is 2.61. The van der Waals surface area contributed by atoms with Crippen molar-refractivity contribution in [3.63, 3.8) is 0 Å². The lowest BCUT2D eigenvalue weighted by atomic mass is 9.65. The van der Waals surface area contributed by atoms with Gasteiger partial charge in [-0.1, -0.05) is 210 Å². The van der Waals surface area contributed by atoms with E-state index in [1.807, 2.05) is 0 Å². The monoisotopic (exact) mass is 871 g/mol. The fraction of sp³-hybridized carbons (Fsp3) is 0.134. The molecule has 0 bridgehead atoms. The summed E-state index contributed by atoms with van der Waals surface area (Å²) in [6.45, 7) is 9.59. The Bertz CT molecular complexity index is 3530. The molecule has 0 heterocycles. The minimum atomic E-state index is -0.554. The van der Waals surface area contributed by atoms with Gasteiger partial charge in [0.15, 0.2) is 0 Å². The van der Waals surface area contributed by atoms with Gasteiger partial charge in [0, 0.05) is 27.8 Å². The topological polar surface area (TPSA) is 3.24 Å². The number of benzene rings is 8. The third kappa shape index (κ3) is 5.81. The fourth-order valence-corrected chi connectivity index (χ4v) is 12.7. The molecule has 0 saturated carbocycles. The summed E-state index contributed by atoms with van der Waals surface area (Å²) in [6.07, 6.45) is 24.7. The summed E-state index contributed by atoms with van der Waals surface area (Å²) in [5, 5.41) is 2.47. The maximum absolute atomic E-state index is 2.61. The maximum atomic E-state index is 2.61. The number of nitrogens with zero attached hydrogens (tertiary/aromatic N) is 1. The van der Waals surface area contributed by atoms with Gasteiger partial charge >= 0.3 is 0 Å². The predicted octanol–water partition coefficient (Wildman–Crippen LogP) is 17.7. The third-order valence-corrected chi connectivity index (χ3v) is 16.0. The lowest BCUT2D eigenvalue weighted by molar-refractivity contribution is 0.660. The highest BCUT2D eigenvalue weighted by molar-refractivity contribution is 6.00. The van der Waals surface area contributed by atoms with E-state index in [9.17, 15) is 0 Å². The SMILES string of the molecule is CC1(C)c2ccccc2-c2ccc(N(c3ccc4c(c3)C(C)(C)c3ccccc3-4)c3cc4c(cc3-c3ccc5ccccc5c3)-c3ccccc3C4(C3=CC=CCC=C3)C3=CC=CC=CC3)cc21. The Balaban J connectivity index is 1.15. The molecule has 0 fully saturated rings. The molecule has 0 aromatic heterocycles. The largest absolute Gasteiger partial charge is 0.310 e. The van der Waals surface area contributed by atoms with Gasteiger partial charge in [-0.15, -0.1) is 0 Å². The van der Waals surface area contributed by atoms with Crippen molar-refractivity contribution in [3.8, 4) is 44.5 Å². The molecular formula is C67H53N. The van der Waals surface area contributed by atoms with Crippen molar-refractivity contribution in [1.29, 1.82) is 0 Å². The summed E-state index contributed by atoms with van der Waals surface area (Å²) in [6, 6.07) is 62.7. The molecule has 0 saturated heterocycles. The first-order valence-corrected chi connectivity index (χ1v) is 24.4. The molecule has 1 heteroatoms. The standard InChI is InChI=1S/C67H53N/c1-65(2)58-30-18-15-27-51(58)54-37-35-49(40-61(54)65)68(50-36-38-55-52-28-16-19-31-59(52)66(3,4)62(55)41-50)64-43-63-57(42-56(64)46-34-33-44-21-13-14-22-45(44)39-46)53-29-17-20-32-60(53)67(63,47-23-9-5-6-10-24-47)48-25-11-7-8-12-26-48/h5-7,9-23,25-43H,8,24H2,1-4H3. The molecule has 8 aromatic carbocycles.